The van der Waals surface area contributed by atoms with E-state index in [-0.39, 0.29) is 6.00 Å². The van der Waals surface area contributed by atoms with E-state index in [2.05, 4.69) is 23.3 Å². The minimum atomic E-state index is 0.180. The molecule has 2 nitrogen and oxygen atoms in total. The van der Waals surface area contributed by atoms with Crippen LogP contribution >= 0.6 is 23.2 Å². The number of aliphatic imine (C=N–C) groups is 1. The van der Waals surface area contributed by atoms with Crippen molar-refractivity contribution in [3.8, 4) is 0 Å². The summed E-state index contributed by atoms with van der Waals surface area (Å²) in [6.07, 6.45) is 7.08. The molecule has 0 bridgehead atoms. The molecule has 15 heavy (non-hydrogen) atoms. The summed E-state index contributed by atoms with van der Waals surface area (Å²) in [6.45, 7) is 2.06. The smallest absolute Gasteiger partial charge is 0.133 e. The van der Waals surface area contributed by atoms with Crippen LogP contribution < -0.4 is 5.32 Å². The van der Waals surface area contributed by atoms with Gasteiger partial charge in [-0.25, -0.2) is 0 Å². The molecular weight excluding hydrogens is 231 g/mol. The van der Waals surface area contributed by atoms with Crippen LogP contribution in [0.4, 0.5) is 0 Å². The summed E-state index contributed by atoms with van der Waals surface area (Å²) in [5.41, 5.74) is 3.09. The number of nitrogens with zero attached hydrogens (tertiary/aromatic N) is 1. The Morgan fingerprint density at radius 2 is 2.27 bits per heavy atom. The molecule has 1 N–H and O–H groups in total. The molecule has 1 aliphatic carbocycles. The van der Waals surface area contributed by atoms with E-state index in [1.165, 1.54) is 5.57 Å². The minimum absolute atomic E-state index is 0.180. The van der Waals surface area contributed by atoms with Gasteiger partial charge in [0, 0.05) is 18.3 Å². The van der Waals surface area contributed by atoms with Gasteiger partial charge in [-0.05, 0) is 19.4 Å². The summed E-state index contributed by atoms with van der Waals surface area (Å²) in [5, 5.41) is 3.56. The topological polar surface area (TPSA) is 24.4 Å². The van der Waals surface area contributed by atoms with Crippen molar-refractivity contribution < 1.29 is 0 Å². The van der Waals surface area contributed by atoms with E-state index in [1.807, 2.05) is 19.2 Å². The third kappa shape index (κ3) is 3.40. The Balaban J connectivity index is 3.03. The van der Waals surface area contributed by atoms with Crippen LogP contribution in [-0.4, -0.2) is 18.2 Å². The number of allylic oxidation sites excluding steroid dienone is 5. The Morgan fingerprint density at radius 1 is 1.53 bits per heavy atom. The third-order valence-corrected chi connectivity index (χ3v) is 2.56. The normalized spacial score (nSPS) is 17.6. The number of alkyl halides is 1. The minimum Gasteiger partial charge on any atom is -0.388 e. The fourth-order valence-corrected chi connectivity index (χ4v) is 1.80. The van der Waals surface area contributed by atoms with Gasteiger partial charge in [-0.1, -0.05) is 29.3 Å². The van der Waals surface area contributed by atoms with E-state index < -0.39 is 0 Å². The average Bonchev–Trinajstić information content (AvgIpc) is 2.39. The van der Waals surface area contributed by atoms with Gasteiger partial charge in [-0.15, -0.1) is 11.6 Å². The van der Waals surface area contributed by atoms with Crippen LogP contribution in [0.1, 0.15) is 13.3 Å². The van der Waals surface area contributed by atoms with Crippen molar-refractivity contribution in [1.29, 1.82) is 0 Å². The second-order valence-electron chi connectivity index (χ2n) is 3.18. The van der Waals surface area contributed by atoms with Gasteiger partial charge in [0.15, 0.2) is 0 Å². The Hall–Kier alpha value is -0.730. The van der Waals surface area contributed by atoms with Gasteiger partial charge in [-0.3, -0.25) is 4.99 Å². The molecule has 0 aromatic rings. The molecular formula is C11H14Cl2N2. The predicted octanol–water partition coefficient (Wildman–Crippen LogP) is 3.20. The molecule has 0 amide bonds. The highest BCUT2D eigenvalue weighted by atomic mass is 35.5. The molecule has 0 atom stereocenters. The standard InChI is InChI=1S/C11H14Cl2N2/c1-8-4-3-5-9(10(6-8)14-2)11(13)15-7-12/h4-6,14H,3,7H2,1-2H3/b15-11+. The summed E-state index contributed by atoms with van der Waals surface area (Å²) < 4.78 is 0. The first-order valence-electron chi connectivity index (χ1n) is 4.72. The second-order valence-corrected chi connectivity index (χ2v) is 3.78. The Labute approximate surface area is 100 Å². The lowest BCUT2D eigenvalue weighted by atomic mass is 10.1. The summed E-state index contributed by atoms with van der Waals surface area (Å²) in [6, 6.07) is 0.180. The molecule has 1 aliphatic rings. The SMILES string of the molecule is CNC1=CC(C)=CCC=C1/C(Cl)=N\CCl. The number of hydrogen-bond donors (Lipinski definition) is 1. The Bertz CT molecular complexity index is 352. The summed E-state index contributed by atoms with van der Waals surface area (Å²) in [7, 11) is 1.86. The summed E-state index contributed by atoms with van der Waals surface area (Å²) in [4.78, 5) is 3.99. The lowest BCUT2D eigenvalue weighted by molar-refractivity contribution is 1.02. The molecule has 0 unspecified atom stereocenters. The van der Waals surface area contributed by atoms with Gasteiger partial charge >= 0.3 is 0 Å². The molecule has 0 saturated carbocycles. The van der Waals surface area contributed by atoms with Gasteiger partial charge in [0.05, 0.1) is 0 Å². The van der Waals surface area contributed by atoms with Crippen LogP contribution in [0.15, 0.2) is 40.1 Å². The van der Waals surface area contributed by atoms with Crippen LogP contribution in [0.5, 0.6) is 0 Å². The monoisotopic (exact) mass is 244 g/mol. The van der Waals surface area contributed by atoms with E-state index >= 15 is 0 Å². The molecule has 0 radical (unpaired) electrons. The van der Waals surface area contributed by atoms with Crippen molar-refractivity contribution in [2.24, 2.45) is 4.99 Å². The number of likely N-dealkylation sites (N-methyl/N-ethyl adjacent to an activating group) is 1. The van der Waals surface area contributed by atoms with Gasteiger partial charge in [0.25, 0.3) is 0 Å². The van der Waals surface area contributed by atoms with Crippen LogP contribution in [0.25, 0.3) is 0 Å². The van der Waals surface area contributed by atoms with Crippen molar-refractivity contribution in [2.45, 2.75) is 13.3 Å². The highest BCUT2D eigenvalue weighted by molar-refractivity contribution is 6.70. The quantitative estimate of drug-likeness (QED) is 0.461. The fraction of sp³-hybridized carbons (Fsp3) is 0.364. The Morgan fingerprint density at radius 3 is 2.87 bits per heavy atom. The number of rotatable bonds is 3. The maximum Gasteiger partial charge on any atom is 0.133 e. The molecule has 0 fully saturated rings. The number of halogens is 2. The van der Waals surface area contributed by atoms with Crippen LogP contribution in [0.2, 0.25) is 0 Å². The molecule has 0 heterocycles. The van der Waals surface area contributed by atoms with Crippen molar-refractivity contribution >= 4 is 28.4 Å². The molecule has 4 heteroatoms. The number of hydrogen-bond acceptors (Lipinski definition) is 2. The second kappa shape index (κ2) is 5.99. The molecule has 1 rings (SSSR count). The predicted molar refractivity (Wildman–Crippen MR) is 67.6 cm³/mol. The highest BCUT2D eigenvalue weighted by Gasteiger charge is 2.10. The van der Waals surface area contributed by atoms with E-state index in [1.54, 1.807) is 0 Å². The first-order valence-corrected chi connectivity index (χ1v) is 5.63. The van der Waals surface area contributed by atoms with Crippen molar-refractivity contribution in [2.75, 3.05) is 13.1 Å². The first kappa shape index (κ1) is 12.3. The van der Waals surface area contributed by atoms with Crippen LogP contribution in [-0.2, 0) is 0 Å². The lowest BCUT2D eigenvalue weighted by Gasteiger charge is -2.09. The zero-order valence-electron chi connectivity index (χ0n) is 8.85. The zero-order chi connectivity index (χ0) is 11.3. The van der Waals surface area contributed by atoms with E-state index in [4.69, 9.17) is 23.2 Å². The number of nitrogens with one attached hydrogen (secondary N) is 1. The van der Waals surface area contributed by atoms with Crippen LogP contribution in [0, 0.1) is 0 Å². The third-order valence-electron chi connectivity index (χ3n) is 2.11. The van der Waals surface area contributed by atoms with E-state index in [9.17, 15) is 0 Å². The molecule has 82 valence electrons. The van der Waals surface area contributed by atoms with Crippen LogP contribution in [0.3, 0.4) is 0 Å². The van der Waals surface area contributed by atoms with Gasteiger partial charge < -0.3 is 5.32 Å². The molecule has 0 saturated heterocycles. The van der Waals surface area contributed by atoms with Crippen molar-refractivity contribution in [1.82, 2.24) is 5.32 Å². The lowest BCUT2D eigenvalue weighted by Crippen LogP contribution is -2.12. The summed E-state index contributed by atoms with van der Waals surface area (Å²) in [5.74, 6) is 0. The van der Waals surface area contributed by atoms with Gasteiger partial charge in [0.1, 0.15) is 11.2 Å². The van der Waals surface area contributed by atoms with E-state index in [0.717, 1.165) is 17.7 Å². The summed E-state index contributed by atoms with van der Waals surface area (Å²) >= 11 is 11.6. The highest BCUT2D eigenvalue weighted by Crippen LogP contribution is 2.19. The molecule has 0 aromatic heterocycles. The maximum absolute atomic E-state index is 6.05. The zero-order valence-corrected chi connectivity index (χ0v) is 10.4. The largest absolute Gasteiger partial charge is 0.388 e. The maximum atomic E-state index is 6.05. The fourth-order valence-electron chi connectivity index (χ4n) is 1.38. The average molecular weight is 245 g/mol. The first-order chi connectivity index (χ1) is 7.19. The van der Waals surface area contributed by atoms with Crippen molar-refractivity contribution in [3.63, 3.8) is 0 Å². The van der Waals surface area contributed by atoms with Gasteiger partial charge in [0.2, 0.25) is 0 Å². The molecule has 0 spiro atoms. The van der Waals surface area contributed by atoms with Crippen molar-refractivity contribution in [3.05, 3.63) is 35.1 Å². The Kier molecular flexibility index (Phi) is 4.92. The van der Waals surface area contributed by atoms with Gasteiger partial charge in [-0.2, -0.15) is 0 Å². The molecule has 0 aliphatic heterocycles. The van der Waals surface area contributed by atoms with E-state index in [0.29, 0.717) is 5.17 Å². The molecule has 0 aromatic carbocycles.